The van der Waals surface area contributed by atoms with E-state index >= 15 is 0 Å². The Morgan fingerprint density at radius 1 is 1.03 bits per heavy atom. The van der Waals surface area contributed by atoms with E-state index in [1.165, 1.54) is 7.11 Å². The Kier molecular flexibility index (Phi) is 6.73. The molecule has 1 heterocycles. The highest BCUT2D eigenvalue weighted by Gasteiger charge is 2.17. The number of ether oxygens (including phenoxy) is 5. The molecule has 1 aliphatic rings. The van der Waals surface area contributed by atoms with Crippen LogP contribution in [0, 0.1) is 0 Å². The second-order valence-corrected chi connectivity index (χ2v) is 6.21. The largest absolute Gasteiger partial charge is 0.493 e. The minimum absolute atomic E-state index is 0.342. The van der Waals surface area contributed by atoms with Crippen molar-refractivity contribution < 1.29 is 33.3 Å². The zero-order chi connectivity index (χ0) is 20.6. The fraction of sp³-hybridized carbons (Fsp3) is 0.273. The molecular formula is C22H22O7. The maximum absolute atomic E-state index is 12.3. The molecule has 7 nitrogen and oxygen atoms in total. The molecule has 0 saturated carbocycles. The van der Waals surface area contributed by atoms with Crippen LogP contribution in [0.15, 0.2) is 49.1 Å². The molecule has 7 heteroatoms. The van der Waals surface area contributed by atoms with Gasteiger partial charge in [0.15, 0.2) is 42.0 Å². The van der Waals surface area contributed by atoms with Crippen molar-refractivity contribution in [1.82, 2.24) is 0 Å². The van der Waals surface area contributed by atoms with Gasteiger partial charge in [0.25, 0.3) is 0 Å². The molecule has 0 bridgehead atoms. The van der Waals surface area contributed by atoms with E-state index in [4.69, 9.17) is 23.7 Å². The smallest absolute Gasteiger partial charge is 0.344 e. The van der Waals surface area contributed by atoms with Gasteiger partial charge in [-0.2, -0.15) is 0 Å². The van der Waals surface area contributed by atoms with Gasteiger partial charge in [-0.3, -0.25) is 4.79 Å². The molecule has 1 aliphatic heterocycles. The van der Waals surface area contributed by atoms with Crippen LogP contribution in [-0.4, -0.2) is 45.3 Å². The summed E-state index contributed by atoms with van der Waals surface area (Å²) in [6.45, 7) is 3.86. The summed E-state index contributed by atoms with van der Waals surface area (Å²) in [5.74, 6) is 1.00. The number of hydrogen-bond acceptors (Lipinski definition) is 7. The van der Waals surface area contributed by atoms with Gasteiger partial charge >= 0.3 is 5.97 Å². The summed E-state index contributed by atoms with van der Waals surface area (Å²) in [6, 6.07) is 10.2. The van der Waals surface area contributed by atoms with E-state index in [-0.39, 0.29) is 12.4 Å². The van der Waals surface area contributed by atoms with Gasteiger partial charge in [-0.15, -0.1) is 6.58 Å². The topological polar surface area (TPSA) is 80.3 Å². The summed E-state index contributed by atoms with van der Waals surface area (Å²) in [6.07, 6.45) is 2.48. The van der Waals surface area contributed by atoms with Gasteiger partial charge in [0, 0.05) is 5.56 Å². The molecule has 0 atom stereocenters. The molecule has 0 amide bonds. The highest BCUT2D eigenvalue weighted by molar-refractivity contribution is 5.98. The van der Waals surface area contributed by atoms with Crippen LogP contribution >= 0.6 is 0 Å². The SMILES string of the molecule is C=CCc1ccc(OCC(=O)OCC(=O)c2ccc3c(c2)OCCO3)c(OC)c1. The molecule has 29 heavy (non-hydrogen) atoms. The fourth-order valence-corrected chi connectivity index (χ4v) is 2.75. The van der Waals surface area contributed by atoms with Gasteiger partial charge in [-0.05, 0) is 42.3 Å². The molecule has 0 saturated heterocycles. The first-order chi connectivity index (χ1) is 14.1. The maximum Gasteiger partial charge on any atom is 0.344 e. The molecule has 0 spiro atoms. The molecular weight excluding hydrogens is 376 g/mol. The van der Waals surface area contributed by atoms with Crippen molar-refractivity contribution in [2.24, 2.45) is 0 Å². The first-order valence-electron chi connectivity index (χ1n) is 9.10. The summed E-state index contributed by atoms with van der Waals surface area (Å²) >= 11 is 0. The van der Waals surface area contributed by atoms with Crippen molar-refractivity contribution in [3.05, 3.63) is 60.2 Å². The van der Waals surface area contributed by atoms with Crippen molar-refractivity contribution in [3.8, 4) is 23.0 Å². The van der Waals surface area contributed by atoms with Gasteiger partial charge in [-0.1, -0.05) is 12.1 Å². The zero-order valence-electron chi connectivity index (χ0n) is 16.1. The van der Waals surface area contributed by atoms with Gasteiger partial charge in [-0.25, -0.2) is 4.79 Å². The summed E-state index contributed by atoms with van der Waals surface area (Å²) in [7, 11) is 1.52. The maximum atomic E-state index is 12.3. The Morgan fingerprint density at radius 3 is 2.59 bits per heavy atom. The van der Waals surface area contributed by atoms with Crippen molar-refractivity contribution in [1.29, 1.82) is 0 Å². The Morgan fingerprint density at radius 2 is 1.83 bits per heavy atom. The van der Waals surface area contributed by atoms with Crippen molar-refractivity contribution in [2.45, 2.75) is 6.42 Å². The van der Waals surface area contributed by atoms with Gasteiger partial charge in [0.1, 0.15) is 13.2 Å². The zero-order valence-corrected chi connectivity index (χ0v) is 16.1. The van der Waals surface area contributed by atoms with E-state index in [0.29, 0.717) is 48.2 Å². The number of carbonyl (C=O) groups excluding carboxylic acids is 2. The summed E-state index contributed by atoms with van der Waals surface area (Å²) in [5.41, 5.74) is 1.39. The van der Waals surface area contributed by atoms with Crippen LogP contribution in [0.2, 0.25) is 0 Å². The normalized spacial score (nSPS) is 12.0. The molecule has 3 rings (SSSR count). The minimum atomic E-state index is -0.659. The molecule has 0 radical (unpaired) electrons. The molecule has 0 aromatic heterocycles. The average Bonchev–Trinajstić information content (AvgIpc) is 2.76. The second kappa shape index (κ2) is 9.64. The molecule has 2 aromatic rings. The third-order valence-corrected chi connectivity index (χ3v) is 4.18. The van der Waals surface area contributed by atoms with Crippen molar-refractivity contribution >= 4 is 11.8 Å². The summed E-state index contributed by atoms with van der Waals surface area (Å²) in [5, 5.41) is 0. The predicted octanol–water partition coefficient (Wildman–Crippen LogP) is 3.00. The van der Waals surface area contributed by atoms with Crippen molar-refractivity contribution in [2.75, 3.05) is 33.5 Å². The Bertz CT molecular complexity index is 904. The Hall–Kier alpha value is -3.48. The predicted molar refractivity (Wildman–Crippen MR) is 105 cm³/mol. The highest BCUT2D eigenvalue weighted by atomic mass is 16.6. The third-order valence-electron chi connectivity index (χ3n) is 4.18. The van der Waals surface area contributed by atoms with Crippen LogP contribution in [0.5, 0.6) is 23.0 Å². The second-order valence-electron chi connectivity index (χ2n) is 6.21. The number of allylic oxidation sites excluding steroid dienone is 1. The lowest BCUT2D eigenvalue weighted by Crippen LogP contribution is -2.20. The quantitative estimate of drug-likeness (QED) is 0.365. The van der Waals surface area contributed by atoms with E-state index in [1.807, 2.05) is 12.1 Å². The monoisotopic (exact) mass is 398 g/mol. The van der Waals surface area contributed by atoms with Crippen LogP contribution in [0.3, 0.4) is 0 Å². The lowest BCUT2D eigenvalue weighted by atomic mass is 10.1. The number of ketones is 1. The first kappa shape index (κ1) is 20.3. The van der Waals surface area contributed by atoms with E-state index in [1.54, 1.807) is 30.3 Å². The van der Waals surface area contributed by atoms with Crippen LogP contribution < -0.4 is 18.9 Å². The fourth-order valence-electron chi connectivity index (χ4n) is 2.75. The number of carbonyl (C=O) groups is 2. The Balaban J connectivity index is 1.51. The van der Waals surface area contributed by atoms with Crippen LogP contribution in [0.25, 0.3) is 0 Å². The molecule has 0 unspecified atom stereocenters. The number of esters is 1. The summed E-state index contributed by atoms with van der Waals surface area (Å²) in [4.78, 5) is 24.2. The number of rotatable bonds is 9. The van der Waals surface area contributed by atoms with Crippen LogP contribution in [-0.2, 0) is 16.0 Å². The molecule has 152 valence electrons. The minimum Gasteiger partial charge on any atom is -0.493 e. The Labute approximate surface area is 168 Å². The standard InChI is InChI=1S/C22H22O7/c1-3-4-15-5-7-18(20(11-15)25-2)28-14-22(24)29-13-17(23)16-6-8-19-21(12-16)27-10-9-26-19/h3,5-8,11-12H,1,4,9-10,13-14H2,2H3. The van der Waals surface area contributed by atoms with Gasteiger partial charge in [0.05, 0.1) is 7.11 Å². The van der Waals surface area contributed by atoms with E-state index in [2.05, 4.69) is 6.58 Å². The molecule has 0 N–H and O–H groups in total. The summed E-state index contributed by atoms with van der Waals surface area (Å²) < 4.78 is 26.6. The number of Topliss-reactive ketones (excluding diaryl/α,β-unsaturated/α-hetero) is 1. The first-order valence-corrected chi connectivity index (χ1v) is 9.10. The highest BCUT2D eigenvalue weighted by Crippen LogP contribution is 2.31. The van der Waals surface area contributed by atoms with Gasteiger partial charge < -0.3 is 23.7 Å². The number of hydrogen-bond donors (Lipinski definition) is 0. The molecule has 0 fully saturated rings. The lowest BCUT2D eigenvalue weighted by Gasteiger charge is -2.18. The lowest BCUT2D eigenvalue weighted by molar-refractivity contribution is -0.144. The van der Waals surface area contributed by atoms with Crippen LogP contribution in [0.4, 0.5) is 0 Å². The van der Waals surface area contributed by atoms with E-state index < -0.39 is 12.6 Å². The number of fused-ring (bicyclic) bond motifs is 1. The third kappa shape index (κ3) is 5.28. The van der Waals surface area contributed by atoms with Crippen LogP contribution in [0.1, 0.15) is 15.9 Å². The number of benzene rings is 2. The molecule has 0 aliphatic carbocycles. The van der Waals surface area contributed by atoms with E-state index in [0.717, 1.165) is 5.56 Å². The van der Waals surface area contributed by atoms with Crippen molar-refractivity contribution in [3.63, 3.8) is 0 Å². The molecule has 2 aromatic carbocycles. The number of methoxy groups -OCH3 is 1. The van der Waals surface area contributed by atoms with Gasteiger partial charge in [0.2, 0.25) is 0 Å². The van der Waals surface area contributed by atoms with E-state index in [9.17, 15) is 9.59 Å². The average molecular weight is 398 g/mol.